The van der Waals surface area contributed by atoms with Gasteiger partial charge in [0, 0.05) is 32.2 Å². The molecule has 0 radical (unpaired) electrons. The summed E-state index contributed by atoms with van der Waals surface area (Å²) in [6.45, 7) is 5.79. The molecule has 6 N–H and O–H groups in total. The molecule has 1 saturated heterocycles. The lowest BCUT2D eigenvalue weighted by atomic mass is 9.96. The Bertz CT molecular complexity index is 1140. The van der Waals surface area contributed by atoms with Crippen molar-refractivity contribution in [1.82, 2.24) is 9.80 Å². The molecule has 1 heterocycles. The van der Waals surface area contributed by atoms with Crippen LogP contribution in [0.5, 0.6) is 5.75 Å². The number of carbonyl (C=O) groups is 2. The zero-order chi connectivity index (χ0) is 29.2. The van der Waals surface area contributed by atoms with E-state index in [9.17, 15) is 19.8 Å². The number of carboxylic acid groups (broad SMARTS) is 2. The molecule has 0 bridgehead atoms. The van der Waals surface area contributed by atoms with Crippen molar-refractivity contribution in [3.05, 3.63) is 102 Å². The molecule has 1 aliphatic heterocycles. The highest BCUT2D eigenvalue weighted by molar-refractivity contribution is 5.83. The lowest BCUT2D eigenvalue weighted by Gasteiger charge is -2.43. The summed E-state index contributed by atoms with van der Waals surface area (Å²) in [5.74, 6) is -3.31. The molecule has 4 unspecified atom stereocenters. The zero-order valence-corrected chi connectivity index (χ0v) is 22.2. The third-order valence-electron chi connectivity index (χ3n) is 7.02. The predicted molar refractivity (Wildman–Crippen MR) is 148 cm³/mol. The van der Waals surface area contributed by atoms with Gasteiger partial charge in [-0.25, -0.2) is 9.59 Å². The van der Waals surface area contributed by atoms with E-state index in [1.807, 2.05) is 0 Å². The lowest BCUT2D eigenvalue weighted by molar-refractivity contribution is -0.165. The molecule has 214 valence electrons. The molecule has 0 spiro atoms. The van der Waals surface area contributed by atoms with E-state index in [1.54, 1.807) is 24.3 Å². The maximum atomic E-state index is 10.8. The van der Waals surface area contributed by atoms with Crippen molar-refractivity contribution in [2.75, 3.05) is 26.2 Å². The monoisotopic (exact) mass is 552 g/mol. The van der Waals surface area contributed by atoms with Crippen LogP contribution in [0.2, 0.25) is 0 Å². The third kappa shape index (κ3) is 8.10. The fraction of sp³-hybridized carbons (Fsp3) is 0.333. The summed E-state index contributed by atoms with van der Waals surface area (Å²) >= 11 is 0. The summed E-state index contributed by atoms with van der Waals surface area (Å²) in [5.41, 5.74) is 3.47. The number of aliphatic carboxylic acids is 2. The van der Waals surface area contributed by atoms with Gasteiger partial charge in [-0.15, -0.1) is 0 Å². The number of phenols is 1. The number of nitrogens with zero attached hydrogens (tertiary/aromatic N) is 2. The minimum absolute atomic E-state index is 0.0172. The maximum absolute atomic E-state index is 10.8. The third-order valence-corrected chi connectivity index (χ3v) is 7.02. The van der Waals surface area contributed by atoms with Crippen LogP contribution in [0.15, 0.2) is 84.9 Å². The molecule has 40 heavy (non-hydrogen) atoms. The number of rotatable bonds is 9. The molecular weight excluding hydrogens is 516 g/mol. The Hall–Kier alpha value is -3.80. The number of carboxylic acids is 2. The van der Waals surface area contributed by atoms with Crippen molar-refractivity contribution in [2.45, 2.75) is 37.3 Å². The number of phenolic OH excluding ortho intramolecular Hbond substituents is 1. The number of hydrogen-bond donors (Lipinski definition) is 6. The van der Waals surface area contributed by atoms with E-state index in [0.29, 0.717) is 0 Å². The average molecular weight is 553 g/mol. The normalized spacial score (nSPS) is 17.2. The second-order valence-corrected chi connectivity index (χ2v) is 9.64. The van der Waals surface area contributed by atoms with E-state index in [-0.39, 0.29) is 17.8 Å². The Morgan fingerprint density at radius 1 is 0.625 bits per heavy atom. The van der Waals surface area contributed by atoms with E-state index >= 15 is 0 Å². The molecule has 1 aliphatic rings. The summed E-state index contributed by atoms with van der Waals surface area (Å²) in [7, 11) is 0. The Labute approximate surface area is 233 Å². The minimum Gasteiger partial charge on any atom is -0.508 e. The van der Waals surface area contributed by atoms with Gasteiger partial charge in [0.05, 0.1) is 12.1 Å². The van der Waals surface area contributed by atoms with Gasteiger partial charge in [0.25, 0.3) is 0 Å². The number of aromatic hydroxyl groups is 1. The fourth-order valence-corrected chi connectivity index (χ4v) is 4.71. The topological polar surface area (TPSA) is 162 Å². The highest BCUT2D eigenvalue weighted by Crippen LogP contribution is 2.31. The van der Waals surface area contributed by atoms with Crippen LogP contribution in [0.4, 0.5) is 0 Å². The number of hydrogen-bond acceptors (Lipinski definition) is 8. The van der Waals surface area contributed by atoms with E-state index < -0.39 is 30.3 Å². The largest absolute Gasteiger partial charge is 0.508 e. The van der Waals surface area contributed by atoms with Crippen LogP contribution in [0.1, 0.15) is 35.8 Å². The predicted octanol–water partition coefficient (Wildman–Crippen LogP) is 2.10. The van der Waals surface area contributed by atoms with E-state index in [0.717, 1.165) is 31.7 Å². The smallest absolute Gasteiger partial charge is 0.335 e. The molecule has 4 atom stereocenters. The first-order valence-corrected chi connectivity index (χ1v) is 13.0. The number of aliphatic hydroxyl groups is 3. The van der Waals surface area contributed by atoms with Gasteiger partial charge < -0.3 is 30.6 Å². The summed E-state index contributed by atoms with van der Waals surface area (Å²) < 4.78 is 0. The number of benzene rings is 3. The highest BCUT2D eigenvalue weighted by Gasteiger charge is 2.31. The molecule has 0 amide bonds. The van der Waals surface area contributed by atoms with Crippen molar-refractivity contribution in [2.24, 2.45) is 0 Å². The van der Waals surface area contributed by atoms with Crippen LogP contribution < -0.4 is 0 Å². The van der Waals surface area contributed by atoms with Crippen molar-refractivity contribution in [3.8, 4) is 5.75 Å². The molecule has 10 nitrogen and oxygen atoms in total. The van der Waals surface area contributed by atoms with Crippen LogP contribution in [-0.4, -0.2) is 96.8 Å². The van der Waals surface area contributed by atoms with Crippen LogP contribution in [0, 0.1) is 0 Å². The first kappa shape index (κ1) is 30.7. The summed E-state index contributed by atoms with van der Waals surface area (Å²) in [4.78, 5) is 24.4. The summed E-state index contributed by atoms with van der Waals surface area (Å²) in [6.07, 6.45) is -5.11. The Morgan fingerprint density at radius 2 is 1.02 bits per heavy atom. The Kier molecular flexibility index (Phi) is 11.2. The van der Waals surface area contributed by atoms with Gasteiger partial charge in [0.2, 0.25) is 0 Å². The molecule has 1 fully saturated rings. The summed E-state index contributed by atoms with van der Waals surface area (Å²) in [6, 6.07) is 28.5. The lowest BCUT2D eigenvalue weighted by Crippen LogP contribution is -2.51. The van der Waals surface area contributed by atoms with Gasteiger partial charge in [0.1, 0.15) is 5.75 Å². The van der Waals surface area contributed by atoms with Gasteiger partial charge in [0.15, 0.2) is 12.2 Å². The van der Waals surface area contributed by atoms with Crippen LogP contribution >= 0.6 is 0 Å². The zero-order valence-electron chi connectivity index (χ0n) is 22.2. The van der Waals surface area contributed by atoms with Gasteiger partial charge in [-0.2, -0.15) is 0 Å². The molecule has 0 aromatic heterocycles. The number of aliphatic hydroxyl groups excluding tert-OH is 3. The molecule has 3 aromatic carbocycles. The van der Waals surface area contributed by atoms with Crippen LogP contribution in [0.25, 0.3) is 0 Å². The minimum atomic E-state index is -2.27. The van der Waals surface area contributed by atoms with E-state index in [2.05, 4.69) is 77.4 Å². The van der Waals surface area contributed by atoms with Crippen molar-refractivity contribution in [3.63, 3.8) is 0 Å². The molecule has 0 aliphatic carbocycles. The van der Waals surface area contributed by atoms with Gasteiger partial charge in [-0.1, -0.05) is 72.8 Å². The van der Waals surface area contributed by atoms with E-state index in [1.165, 1.54) is 11.1 Å². The molecule has 4 rings (SSSR count). The fourth-order valence-electron chi connectivity index (χ4n) is 4.71. The van der Waals surface area contributed by atoms with Crippen LogP contribution in [-0.2, 0) is 9.59 Å². The summed E-state index contributed by atoms with van der Waals surface area (Å²) in [5, 5.41) is 52.8. The average Bonchev–Trinajstić information content (AvgIpc) is 2.98. The van der Waals surface area contributed by atoms with Crippen LogP contribution in [0.3, 0.4) is 0 Å². The maximum Gasteiger partial charge on any atom is 0.335 e. The number of piperazine rings is 1. The Balaban J connectivity index is 0.000000378. The molecule has 3 aromatic rings. The van der Waals surface area contributed by atoms with Crippen molar-refractivity contribution < 1.29 is 40.2 Å². The quantitative estimate of drug-likeness (QED) is 0.232. The SMILES string of the molecule is CC(C(O)c1ccc(O)cc1)N1CCN(C(c2ccccc2)c2ccccc2)CC1.O=C(O)C(O)C(O)C(=O)O. The van der Waals surface area contributed by atoms with Crippen molar-refractivity contribution >= 4 is 11.9 Å². The first-order valence-electron chi connectivity index (χ1n) is 13.0. The van der Waals surface area contributed by atoms with Gasteiger partial charge >= 0.3 is 11.9 Å². The van der Waals surface area contributed by atoms with E-state index in [4.69, 9.17) is 20.4 Å². The van der Waals surface area contributed by atoms with Crippen molar-refractivity contribution in [1.29, 1.82) is 0 Å². The van der Waals surface area contributed by atoms with Gasteiger partial charge in [-0.3, -0.25) is 9.80 Å². The Morgan fingerprint density at radius 3 is 1.43 bits per heavy atom. The molecular formula is C30H36N2O8. The standard InChI is InChI=1S/C26H30N2O2.C4H6O6/c1-20(26(30)23-12-14-24(29)15-13-23)27-16-18-28(19-17-27)25(21-8-4-2-5-9-21)22-10-6-3-7-11-22;5-1(3(7)8)2(6)4(9)10/h2-15,20,25-26,29-30H,16-19H2,1H3;1-2,5-6H,(H,7,8)(H,9,10). The van der Waals surface area contributed by atoms with Gasteiger partial charge in [-0.05, 0) is 35.7 Å². The highest BCUT2D eigenvalue weighted by atomic mass is 16.4. The second-order valence-electron chi connectivity index (χ2n) is 9.64. The second kappa shape index (κ2) is 14.5. The molecule has 10 heteroatoms. The molecule has 0 saturated carbocycles. The first-order chi connectivity index (χ1) is 19.1.